The second kappa shape index (κ2) is 12.3. The van der Waals surface area contributed by atoms with Crippen LogP contribution in [0.25, 0.3) is 0 Å². The van der Waals surface area contributed by atoms with Crippen molar-refractivity contribution in [2.75, 3.05) is 33.7 Å². The summed E-state index contributed by atoms with van der Waals surface area (Å²) in [6, 6.07) is 1.75. The smallest absolute Gasteiger partial charge is 0.243 e. The fraction of sp³-hybridized carbons (Fsp3) is 0.909. The average Bonchev–Trinajstić information content (AvgIpc) is 3.20. The van der Waals surface area contributed by atoms with E-state index >= 15 is 0 Å². The zero-order valence-corrected chi connectivity index (χ0v) is 21.0. The molecule has 3 aliphatic rings. The van der Waals surface area contributed by atoms with Crippen LogP contribution >= 0.6 is 24.0 Å². The lowest BCUT2D eigenvalue weighted by molar-refractivity contribution is -0.127. The zero-order chi connectivity index (χ0) is 19.9. The van der Waals surface area contributed by atoms with Gasteiger partial charge in [0.2, 0.25) is 5.91 Å². The van der Waals surface area contributed by atoms with Gasteiger partial charge < -0.3 is 20.4 Å². The third-order valence-corrected chi connectivity index (χ3v) is 6.94. The predicted octanol–water partition coefficient (Wildman–Crippen LogP) is 3.21. The molecule has 2 aliphatic carbocycles. The van der Waals surface area contributed by atoms with Crippen LogP contribution in [-0.4, -0.2) is 73.5 Å². The first kappa shape index (κ1) is 24.7. The number of likely N-dealkylation sites (tertiary alicyclic amines) is 1. The molecular formula is C22H42IN5O. The molecule has 7 heteroatoms. The third kappa shape index (κ3) is 7.89. The Kier molecular flexibility index (Phi) is 10.5. The lowest BCUT2D eigenvalue weighted by atomic mass is 9.88. The van der Waals surface area contributed by atoms with Gasteiger partial charge in [-0.3, -0.25) is 4.79 Å². The molecule has 0 spiro atoms. The Morgan fingerprint density at radius 2 is 1.48 bits per heavy atom. The van der Waals surface area contributed by atoms with Gasteiger partial charge in [0.15, 0.2) is 5.96 Å². The van der Waals surface area contributed by atoms with E-state index in [9.17, 15) is 4.79 Å². The number of rotatable bonds is 5. The topological polar surface area (TPSA) is 60.0 Å². The number of nitrogens with zero attached hydrogens (tertiary/aromatic N) is 3. The molecule has 0 aromatic heterocycles. The molecule has 0 aromatic rings. The van der Waals surface area contributed by atoms with Gasteiger partial charge in [0.1, 0.15) is 6.54 Å². The number of hydrogen-bond donors (Lipinski definition) is 2. The number of halogens is 1. The molecule has 1 saturated heterocycles. The van der Waals surface area contributed by atoms with Crippen LogP contribution in [0, 0.1) is 5.92 Å². The number of guanidine groups is 1. The number of piperidine rings is 1. The first-order valence-corrected chi connectivity index (χ1v) is 11.5. The minimum Gasteiger partial charge on any atom is -0.354 e. The molecule has 3 fully saturated rings. The van der Waals surface area contributed by atoms with Crippen LogP contribution in [0.3, 0.4) is 0 Å². The highest BCUT2D eigenvalue weighted by atomic mass is 127. The monoisotopic (exact) mass is 519 g/mol. The van der Waals surface area contributed by atoms with Crippen LogP contribution in [0.4, 0.5) is 0 Å². The Balaban J connectivity index is 0.00000300. The molecular weight excluding hydrogens is 477 g/mol. The van der Waals surface area contributed by atoms with Gasteiger partial charge in [-0.1, -0.05) is 19.8 Å². The highest BCUT2D eigenvalue weighted by Crippen LogP contribution is 2.27. The Morgan fingerprint density at radius 3 is 2.03 bits per heavy atom. The molecule has 29 heavy (non-hydrogen) atoms. The first-order valence-electron chi connectivity index (χ1n) is 11.5. The molecule has 168 valence electrons. The van der Waals surface area contributed by atoms with Crippen molar-refractivity contribution < 1.29 is 4.79 Å². The number of hydrogen-bond acceptors (Lipinski definition) is 3. The van der Waals surface area contributed by atoms with E-state index in [1.54, 1.807) is 19.0 Å². The minimum absolute atomic E-state index is 0. The third-order valence-electron chi connectivity index (χ3n) is 6.94. The molecule has 0 unspecified atom stereocenters. The molecule has 1 amide bonds. The summed E-state index contributed by atoms with van der Waals surface area (Å²) >= 11 is 0. The van der Waals surface area contributed by atoms with Gasteiger partial charge in [0.05, 0.1) is 0 Å². The molecule has 1 heterocycles. The SMILES string of the molecule is CC1CCN(C2CCC(NC(=NCC(=O)N(C)C)NC3CCCC3)CC2)CC1.I. The van der Waals surface area contributed by atoms with Gasteiger partial charge >= 0.3 is 0 Å². The maximum absolute atomic E-state index is 12.0. The second-order valence-corrected chi connectivity index (χ2v) is 9.45. The Morgan fingerprint density at radius 1 is 0.931 bits per heavy atom. The van der Waals surface area contributed by atoms with Crippen LogP contribution in [-0.2, 0) is 4.79 Å². The molecule has 3 rings (SSSR count). The van der Waals surface area contributed by atoms with E-state index in [0.29, 0.717) is 12.1 Å². The predicted molar refractivity (Wildman–Crippen MR) is 131 cm³/mol. The number of aliphatic imine (C=N–C) groups is 1. The quantitative estimate of drug-likeness (QED) is 0.333. The molecule has 1 aliphatic heterocycles. The van der Waals surface area contributed by atoms with E-state index in [4.69, 9.17) is 0 Å². The van der Waals surface area contributed by atoms with Crippen molar-refractivity contribution in [2.24, 2.45) is 10.9 Å². The van der Waals surface area contributed by atoms with Gasteiger partial charge in [-0.25, -0.2) is 4.99 Å². The molecule has 0 aromatic carbocycles. The molecule has 2 N–H and O–H groups in total. The minimum atomic E-state index is 0. The van der Waals surface area contributed by atoms with Crippen LogP contribution in [0.2, 0.25) is 0 Å². The maximum Gasteiger partial charge on any atom is 0.243 e. The van der Waals surface area contributed by atoms with Crippen molar-refractivity contribution in [3.8, 4) is 0 Å². The molecule has 2 saturated carbocycles. The zero-order valence-electron chi connectivity index (χ0n) is 18.7. The summed E-state index contributed by atoms with van der Waals surface area (Å²) in [5, 5.41) is 7.25. The number of amides is 1. The van der Waals surface area contributed by atoms with Crippen LogP contribution in [0.1, 0.15) is 71.1 Å². The van der Waals surface area contributed by atoms with E-state index in [2.05, 4.69) is 27.4 Å². The first-order chi connectivity index (χ1) is 13.5. The maximum atomic E-state index is 12.0. The van der Waals surface area contributed by atoms with E-state index in [0.717, 1.165) is 17.9 Å². The van der Waals surface area contributed by atoms with Gasteiger partial charge in [-0.15, -0.1) is 24.0 Å². The summed E-state index contributed by atoms with van der Waals surface area (Å²) in [6.07, 6.45) is 12.7. The highest BCUT2D eigenvalue weighted by Gasteiger charge is 2.28. The molecule has 6 nitrogen and oxygen atoms in total. The Labute approximate surface area is 194 Å². The fourth-order valence-electron chi connectivity index (χ4n) is 4.86. The lowest BCUT2D eigenvalue weighted by Crippen LogP contribution is -2.50. The number of likely N-dealkylation sites (N-methyl/N-ethyl adjacent to an activating group) is 1. The normalized spacial score (nSPS) is 27.3. The summed E-state index contributed by atoms with van der Waals surface area (Å²) in [7, 11) is 3.58. The Bertz CT molecular complexity index is 519. The van der Waals surface area contributed by atoms with Gasteiger partial charge in [0.25, 0.3) is 0 Å². The van der Waals surface area contributed by atoms with E-state index in [-0.39, 0.29) is 36.4 Å². The highest BCUT2D eigenvalue weighted by molar-refractivity contribution is 14.0. The number of nitrogens with one attached hydrogen (secondary N) is 2. The van der Waals surface area contributed by atoms with Gasteiger partial charge in [-0.2, -0.15) is 0 Å². The van der Waals surface area contributed by atoms with E-state index in [1.807, 2.05) is 0 Å². The van der Waals surface area contributed by atoms with E-state index < -0.39 is 0 Å². The average molecular weight is 520 g/mol. The van der Waals surface area contributed by atoms with Crippen LogP contribution < -0.4 is 10.6 Å². The second-order valence-electron chi connectivity index (χ2n) is 9.45. The standard InChI is InChI=1S/C22H41N5O.HI/c1-17-12-14-27(15-13-17)20-10-8-19(9-11-20)25-22(23-16-21(28)26(2)3)24-18-6-4-5-7-18;/h17-20H,4-16H2,1-3H3,(H2,23,24,25);1H. The fourth-order valence-corrected chi connectivity index (χ4v) is 4.86. The van der Waals surface area contributed by atoms with Gasteiger partial charge in [0, 0.05) is 32.2 Å². The van der Waals surface area contributed by atoms with Crippen molar-refractivity contribution in [2.45, 2.75) is 89.3 Å². The van der Waals surface area contributed by atoms with Gasteiger partial charge in [-0.05, 0) is 70.4 Å². The summed E-state index contributed by atoms with van der Waals surface area (Å²) < 4.78 is 0. The molecule has 0 bridgehead atoms. The van der Waals surface area contributed by atoms with Crippen molar-refractivity contribution in [3.63, 3.8) is 0 Å². The van der Waals surface area contributed by atoms with Crippen molar-refractivity contribution in [1.29, 1.82) is 0 Å². The van der Waals surface area contributed by atoms with Crippen molar-refractivity contribution in [1.82, 2.24) is 20.4 Å². The number of carbonyl (C=O) groups excluding carboxylic acids is 1. The van der Waals surface area contributed by atoms with Crippen molar-refractivity contribution >= 4 is 35.8 Å². The summed E-state index contributed by atoms with van der Waals surface area (Å²) in [6.45, 7) is 5.17. The largest absolute Gasteiger partial charge is 0.354 e. The summed E-state index contributed by atoms with van der Waals surface area (Å²) in [4.78, 5) is 20.9. The van der Waals surface area contributed by atoms with E-state index in [1.165, 1.54) is 77.3 Å². The lowest BCUT2D eigenvalue weighted by Gasteiger charge is -2.40. The van der Waals surface area contributed by atoms with Crippen LogP contribution in [0.5, 0.6) is 0 Å². The molecule has 0 radical (unpaired) electrons. The van der Waals surface area contributed by atoms with Crippen LogP contribution in [0.15, 0.2) is 4.99 Å². The Hall–Kier alpha value is -0.570. The summed E-state index contributed by atoms with van der Waals surface area (Å²) in [5.74, 6) is 1.80. The molecule has 0 atom stereocenters. The summed E-state index contributed by atoms with van der Waals surface area (Å²) in [5.41, 5.74) is 0. The van der Waals surface area contributed by atoms with Crippen molar-refractivity contribution in [3.05, 3.63) is 0 Å². The number of carbonyl (C=O) groups is 1.